The standard InChI is InChI=1S/C15H22ClNO3/c1-12-9-19-7-6-17(12)8-15(18)11-20-10-13-2-4-14(16)5-3-13/h2-5,12,15,18H,6-11H2,1H3. The minimum absolute atomic E-state index is 0.340. The van der Waals surface area contributed by atoms with Crippen LogP contribution < -0.4 is 0 Å². The van der Waals surface area contributed by atoms with E-state index in [-0.39, 0.29) is 0 Å². The number of ether oxygens (including phenoxy) is 2. The molecule has 0 amide bonds. The second-order valence-corrected chi connectivity index (χ2v) is 5.65. The molecule has 0 saturated carbocycles. The fraction of sp³-hybridized carbons (Fsp3) is 0.600. The molecule has 1 fully saturated rings. The molecule has 4 nitrogen and oxygen atoms in total. The van der Waals surface area contributed by atoms with E-state index in [1.165, 1.54) is 0 Å². The van der Waals surface area contributed by atoms with Crippen molar-refractivity contribution in [2.75, 3.05) is 32.9 Å². The third-order valence-electron chi connectivity index (χ3n) is 3.44. The maximum absolute atomic E-state index is 10.0. The molecule has 20 heavy (non-hydrogen) atoms. The first-order chi connectivity index (χ1) is 9.65. The molecule has 1 saturated heterocycles. The number of morpholine rings is 1. The fourth-order valence-electron chi connectivity index (χ4n) is 2.25. The van der Waals surface area contributed by atoms with Gasteiger partial charge in [0.25, 0.3) is 0 Å². The van der Waals surface area contributed by atoms with Crippen LogP contribution in [0.3, 0.4) is 0 Å². The Kier molecular flexibility index (Phi) is 6.26. The second-order valence-electron chi connectivity index (χ2n) is 5.21. The summed E-state index contributed by atoms with van der Waals surface area (Å²) in [6.07, 6.45) is -0.470. The number of β-amino-alcohol motifs (C(OH)–C–C–N with tert-alkyl or cyclic N) is 1. The predicted molar refractivity (Wildman–Crippen MR) is 79.0 cm³/mol. The topological polar surface area (TPSA) is 41.9 Å². The van der Waals surface area contributed by atoms with Crippen LogP contribution in [0.4, 0.5) is 0 Å². The number of benzene rings is 1. The van der Waals surface area contributed by atoms with Crippen LogP contribution in [-0.2, 0) is 16.1 Å². The van der Waals surface area contributed by atoms with E-state index in [9.17, 15) is 5.11 Å². The van der Waals surface area contributed by atoms with Crippen molar-refractivity contribution in [1.82, 2.24) is 4.90 Å². The number of hydrogen-bond donors (Lipinski definition) is 1. The van der Waals surface area contributed by atoms with Gasteiger partial charge in [0.05, 0.1) is 32.5 Å². The van der Waals surface area contributed by atoms with Crippen molar-refractivity contribution in [3.05, 3.63) is 34.9 Å². The van der Waals surface area contributed by atoms with Crippen molar-refractivity contribution in [2.45, 2.75) is 25.7 Å². The highest BCUT2D eigenvalue weighted by molar-refractivity contribution is 6.30. The summed E-state index contributed by atoms with van der Waals surface area (Å²) in [5.74, 6) is 0. The van der Waals surface area contributed by atoms with Gasteiger partial charge in [-0.25, -0.2) is 0 Å². The summed E-state index contributed by atoms with van der Waals surface area (Å²) in [4.78, 5) is 2.24. The molecule has 1 aliphatic rings. The monoisotopic (exact) mass is 299 g/mol. The van der Waals surface area contributed by atoms with E-state index in [2.05, 4.69) is 11.8 Å². The average molecular weight is 300 g/mol. The molecule has 112 valence electrons. The number of halogens is 1. The summed E-state index contributed by atoms with van der Waals surface area (Å²) >= 11 is 5.82. The first-order valence-corrected chi connectivity index (χ1v) is 7.35. The van der Waals surface area contributed by atoms with Gasteiger partial charge in [-0.1, -0.05) is 23.7 Å². The van der Waals surface area contributed by atoms with Crippen molar-refractivity contribution < 1.29 is 14.6 Å². The number of hydrogen-bond acceptors (Lipinski definition) is 4. The molecule has 1 heterocycles. The highest BCUT2D eigenvalue weighted by Gasteiger charge is 2.21. The Labute approximate surface area is 125 Å². The molecule has 2 rings (SSSR count). The smallest absolute Gasteiger partial charge is 0.0900 e. The van der Waals surface area contributed by atoms with Gasteiger partial charge in [-0.05, 0) is 24.6 Å². The summed E-state index contributed by atoms with van der Waals surface area (Å²) in [5, 5.41) is 10.7. The van der Waals surface area contributed by atoms with Crippen LogP contribution in [0.5, 0.6) is 0 Å². The molecule has 1 aromatic carbocycles. The molecule has 1 N–H and O–H groups in total. The van der Waals surface area contributed by atoms with E-state index in [1.54, 1.807) is 0 Å². The molecular formula is C15H22ClNO3. The Hall–Kier alpha value is -0.650. The fourth-order valence-corrected chi connectivity index (χ4v) is 2.38. The summed E-state index contributed by atoms with van der Waals surface area (Å²) in [6.45, 7) is 5.92. The van der Waals surface area contributed by atoms with Crippen molar-refractivity contribution in [2.24, 2.45) is 0 Å². The third kappa shape index (κ3) is 5.04. The Morgan fingerprint density at radius 1 is 1.45 bits per heavy atom. The van der Waals surface area contributed by atoms with Crippen molar-refractivity contribution >= 4 is 11.6 Å². The van der Waals surface area contributed by atoms with Crippen LogP contribution >= 0.6 is 11.6 Å². The van der Waals surface area contributed by atoms with Gasteiger partial charge in [-0.3, -0.25) is 4.90 Å². The van der Waals surface area contributed by atoms with Gasteiger partial charge in [-0.2, -0.15) is 0 Å². The molecule has 1 aromatic rings. The van der Waals surface area contributed by atoms with Crippen LogP contribution in [0, 0.1) is 0 Å². The molecule has 2 unspecified atom stereocenters. The molecule has 0 radical (unpaired) electrons. The van der Waals surface area contributed by atoms with Gasteiger partial charge >= 0.3 is 0 Å². The summed E-state index contributed by atoms with van der Waals surface area (Å²) in [7, 11) is 0. The first kappa shape index (κ1) is 15.7. The normalized spacial score (nSPS) is 21.9. The Bertz CT molecular complexity index is 399. The molecule has 0 aromatic heterocycles. The summed E-state index contributed by atoms with van der Waals surface area (Å²) in [5.41, 5.74) is 1.06. The molecule has 1 aliphatic heterocycles. The Morgan fingerprint density at radius 2 is 2.20 bits per heavy atom. The van der Waals surface area contributed by atoms with Crippen molar-refractivity contribution in [3.63, 3.8) is 0 Å². The van der Waals surface area contributed by atoms with Crippen molar-refractivity contribution in [3.8, 4) is 0 Å². The van der Waals surface area contributed by atoms with Crippen LogP contribution in [0.2, 0.25) is 5.02 Å². The molecule has 0 bridgehead atoms. The van der Waals surface area contributed by atoms with Gasteiger partial charge in [0.15, 0.2) is 0 Å². The van der Waals surface area contributed by atoms with Gasteiger partial charge < -0.3 is 14.6 Å². The lowest BCUT2D eigenvalue weighted by Gasteiger charge is -2.34. The van der Waals surface area contributed by atoms with E-state index in [1.807, 2.05) is 24.3 Å². The van der Waals surface area contributed by atoms with Crippen molar-refractivity contribution in [1.29, 1.82) is 0 Å². The Balaban J connectivity index is 1.67. The number of aliphatic hydroxyl groups excluding tert-OH is 1. The zero-order chi connectivity index (χ0) is 14.4. The highest BCUT2D eigenvalue weighted by Crippen LogP contribution is 2.11. The average Bonchev–Trinajstić information content (AvgIpc) is 2.44. The SMILES string of the molecule is CC1COCCN1CC(O)COCc1ccc(Cl)cc1. The van der Waals surface area contributed by atoms with Crippen LogP contribution in [0.25, 0.3) is 0 Å². The van der Waals surface area contributed by atoms with E-state index in [0.29, 0.717) is 25.8 Å². The van der Waals surface area contributed by atoms with Gasteiger partial charge in [-0.15, -0.1) is 0 Å². The predicted octanol–water partition coefficient (Wildman–Crippen LogP) is 1.94. The first-order valence-electron chi connectivity index (χ1n) is 6.97. The quantitative estimate of drug-likeness (QED) is 0.872. The number of nitrogens with zero attached hydrogens (tertiary/aromatic N) is 1. The number of rotatable bonds is 6. The van der Waals surface area contributed by atoms with E-state index in [4.69, 9.17) is 21.1 Å². The lowest BCUT2D eigenvalue weighted by molar-refractivity contribution is -0.0399. The van der Waals surface area contributed by atoms with E-state index >= 15 is 0 Å². The van der Waals surface area contributed by atoms with Gasteiger partial charge in [0, 0.05) is 24.2 Å². The molecular weight excluding hydrogens is 278 g/mol. The van der Waals surface area contributed by atoms with Crippen LogP contribution in [-0.4, -0.2) is 55.1 Å². The van der Waals surface area contributed by atoms with Crippen LogP contribution in [0.1, 0.15) is 12.5 Å². The minimum Gasteiger partial charge on any atom is -0.389 e. The zero-order valence-corrected chi connectivity index (χ0v) is 12.6. The number of aliphatic hydroxyl groups is 1. The molecule has 0 aliphatic carbocycles. The maximum Gasteiger partial charge on any atom is 0.0900 e. The highest BCUT2D eigenvalue weighted by atomic mass is 35.5. The van der Waals surface area contributed by atoms with Crippen LogP contribution in [0.15, 0.2) is 24.3 Å². The Morgan fingerprint density at radius 3 is 2.90 bits per heavy atom. The second kappa shape index (κ2) is 7.96. The zero-order valence-electron chi connectivity index (χ0n) is 11.8. The van der Waals surface area contributed by atoms with Gasteiger partial charge in [0.1, 0.15) is 0 Å². The lowest BCUT2D eigenvalue weighted by atomic mass is 10.2. The van der Waals surface area contributed by atoms with Gasteiger partial charge in [0.2, 0.25) is 0 Å². The minimum atomic E-state index is -0.470. The molecule has 2 atom stereocenters. The third-order valence-corrected chi connectivity index (χ3v) is 3.69. The molecule has 5 heteroatoms. The summed E-state index contributed by atoms with van der Waals surface area (Å²) in [6, 6.07) is 7.89. The maximum atomic E-state index is 10.0. The summed E-state index contributed by atoms with van der Waals surface area (Å²) < 4.78 is 10.9. The lowest BCUT2D eigenvalue weighted by Crippen LogP contribution is -2.47. The van der Waals surface area contributed by atoms with E-state index in [0.717, 1.165) is 30.3 Å². The molecule has 0 spiro atoms. The largest absolute Gasteiger partial charge is 0.389 e. The van der Waals surface area contributed by atoms with E-state index < -0.39 is 6.10 Å².